The topological polar surface area (TPSA) is 116 Å². The lowest BCUT2D eigenvalue weighted by atomic mass is 9.95. The molecule has 1 unspecified atom stereocenters. The van der Waals surface area contributed by atoms with Crippen LogP contribution in [0.1, 0.15) is 37.8 Å². The molecule has 2 aliphatic heterocycles. The van der Waals surface area contributed by atoms with E-state index in [1.807, 2.05) is 0 Å². The molecule has 0 radical (unpaired) electrons. The quantitative estimate of drug-likeness (QED) is 0.467. The number of likely N-dealkylation sites (tertiary alicyclic amines) is 1. The second-order valence-corrected chi connectivity index (χ2v) is 11.2. The van der Waals surface area contributed by atoms with Crippen LogP contribution in [-0.4, -0.2) is 69.4 Å². The minimum Gasteiger partial charge on any atom is -0.506 e. The molecule has 0 aliphatic carbocycles. The maximum Gasteiger partial charge on any atom is 0.325 e. The summed E-state index contributed by atoms with van der Waals surface area (Å²) in [5.41, 5.74) is 4.41. The van der Waals surface area contributed by atoms with Crippen LogP contribution in [0.25, 0.3) is 0 Å². The highest BCUT2D eigenvalue weighted by Crippen LogP contribution is 2.40. The molecule has 0 bridgehead atoms. The average molecular weight is 621 g/mol. The van der Waals surface area contributed by atoms with E-state index < -0.39 is 24.0 Å². The van der Waals surface area contributed by atoms with Crippen molar-refractivity contribution in [1.82, 2.24) is 15.3 Å². The Morgan fingerprint density at radius 2 is 2.00 bits per heavy atom. The normalized spacial score (nSPS) is 21.0. The van der Waals surface area contributed by atoms with Gasteiger partial charge in [-0.15, -0.1) is 0 Å². The number of phenolic OH excluding ortho intramolecular Hbond substituents is 1. The summed E-state index contributed by atoms with van der Waals surface area (Å²) in [6, 6.07) is 0.322. The molecule has 1 aromatic carbocycles. The second-order valence-electron chi connectivity index (χ2n) is 8.40. The fourth-order valence-corrected chi connectivity index (χ4v) is 6.19. The van der Waals surface area contributed by atoms with Gasteiger partial charge in [0.15, 0.2) is 5.12 Å². The monoisotopic (exact) mass is 619 g/mol. The highest BCUT2D eigenvalue weighted by molar-refractivity contribution is 9.11. The number of nitrogens with one attached hydrogen (secondary N) is 1. The number of esters is 1. The molecule has 1 fully saturated rings. The van der Waals surface area contributed by atoms with Gasteiger partial charge in [0.2, 0.25) is 5.91 Å². The van der Waals surface area contributed by atoms with E-state index in [-0.39, 0.29) is 35.6 Å². The first-order valence-electron chi connectivity index (χ1n) is 10.8. The molecule has 34 heavy (non-hydrogen) atoms. The van der Waals surface area contributed by atoms with Crippen LogP contribution in [-0.2, 0) is 36.9 Å². The molecule has 2 amide bonds. The molecule has 2 aliphatic rings. The van der Waals surface area contributed by atoms with Crippen LogP contribution in [0.3, 0.4) is 0 Å². The molecule has 0 spiro atoms. The molecule has 2 heterocycles. The molecule has 0 aromatic heterocycles. The highest BCUT2D eigenvalue weighted by Gasteiger charge is 2.40. The Bertz CT molecular complexity index is 1010. The number of hydrazine groups is 1. The van der Waals surface area contributed by atoms with Crippen LogP contribution in [0.2, 0.25) is 0 Å². The summed E-state index contributed by atoms with van der Waals surface area (Å²) in [4.78, 5) is 51.6. The van der Waals surface area contributed by atoms with Gasteiger partial charge in [-0.25, -0.2) is 5.01 Å². The van der Waals surface area contributed by atoms with Crippen LogP contribution in [0, 0.1) is 5.92 Å². The van der Waals surface area contributed by atoms with E-state index in [0.29, 0.717) is 34.1 Å². The smallest absolute Gasteiger partial charge is 0.325 e. The van der Waals surface area contributed by atoms with Crippen LogP contribution in [0.15, 0.2) is 15.0 Å². The zero-order chi connectivity index (χ0) is 25.2. The number of rotatable bonds is 6. The SMILES string of the molecule is COC(=O)C1Cc2cc(Br)c(O)c(Br)c2CN1NC(=O)[C@@H]1CCCN1C(=O)[C@H](C)CSC(C)=O. The third-order valence-corrected chi connectivity index (χ3v) is 8.56. The number of carbonyl (C=O) groups excluding carboxylic acids is 4. The lowest BCUT2D eigenvalue weighted by Gasteiger charge is -2.37. The molecule has 1 aromatic rings. The second kappa shape index (κ2) is 11.4. The lowest BCUT2D eigenvalue weighted by Crippen LogP contribution is -2.58. The number of thioether (sulfide) groups is 1. The molecule has 12 heteroatoms. The maximum atomic E-state index is 13.3. The number of hydrogen-bond acceptors (Lipinski definition) is 8. The Balaban J connectivity index is 1.78. The van der Waals surface area contributed by atoms with Gasteiger partial charge in [-0.1, -0.05) is 18.7 Å². The molecule has 3 atom stereocenters. The van der Waals surface area contributed by atoms with Gasteiger partial charge in [-0.3, -0.25) is 24.6 Å². The average Bonchev–Trinajstić information content (AvgIpc) is 3.30. The van der Waals surface area contributed by atoms with E-state index in [2.05, 4.69) is 37.3 Å². The Morgan fingerprint density at radius 1 is 1.29 bits per heavy atom. The molecule has 186 valence electrons. The van der Waals surface area contributed by atoms with Crippen molar-refractivity contribution in [3.05, 3.63) is 26.1 Å². The van der Waals surface area contributed by atoms with E-state index in [1.165, 1.54) is 19.0 Å². The minimum atomic E-state index is -0.763. The molecular formula is C22H27Br2N3O6S. The first kappa shape index (κ1) is 27.0. The number of aromatic hydroxyl groups is 1. The van der Waals surface area contributed by atoms with Gasteiger partial charge in [-0.05, 0) is 61.9 Å². The van der Waals surface area contributed by atoms with Gasteiger partial charge in [0.1, 0.15) is 17.8 Å². The highest BCUT2D eigenvalue weighted by atomic mass is 79.9. The fraction of sp³-hybridized carbons (Fsp3) is 0.545. The van der Waals surface area contributed by atoms with E-state index in [0.717, 1.165) is 22.9 Å². The van der Waals surface area contributed by atoms with Gasteiger partial charge in [-0.2, -0.15) is 0 Å². The molecule has 1 saturated heterocycles. The number of phenols is 1. The van der Waals surface area contributed by atoms with E-state index in [9.17, 15) is 24.3 Å². The predicted octanol–water partition coefficient (Wildman–Crippen LogP) is 2.75. The molecule has 3 rings (SSSR count). The van der Waals surface area contributed by atoms with Gasteiger partial charge >= 0.3 is 5.97 Å². The first-order chi connectivity index (χ1) is 16.0. The van der Waals surface area contributed by atoms with Crippen molar-refractivity contribution in [2.75, 3.05) is 19.4 Å². The lowest BCUT2D eigenvalue weighted by molar-refractivity contribution is -0.152. The Labute approximate surface area is 219 Å². The molecule has 2 N–H and O–H groups in total. The molecular weight excluding hydrogens is 594 g/mol. The number of carbonyl (C=O) groups is 4. The summed E-state index contributed by atoms with van der Waals surface area (Å²) >= 11 is 7.81. The molecule has 0 saturated carbocycles. The summed E-state index contributed by atoms with van der Waals surface area (Å²) in [6.45, 7) is 3.83. The van der Waals surface area contributed by atoms with Crippen molar-refractivity contribution in [3.63, 3.8) is 0 Å². The fourth-order valence-electron chi connectivity index (χ4n) is 4.23. The van der Waals surface area contributed by atoms with Crippen molar-refractivity contribution in [3.8, 4) is 5.75 Å². The zero-order valence-electron chi connectivity index (χ0n) is 19.1. The third-order valence-electron chi connectivity index (χ3n) is 6.03. The van der Waals surface area contributed by atoms with Crippen molar-refractivity contribution in [2.24, 2.45) is 5.92 Å². The van der Waals surface area contributed by atoms with Crippen molar-refractivity contribution in [1.29, 1.82) is 0 Å². The van der Waals surface area contributed by atoms with Crippen molar-refractivity contribution in [2.45, 2.75) is 51.7 Å². The number of amides is 2. The number of hydrogen-bond donors (Lipinski definition) is 2. The van der Waals surface area contributed by atoms with Crippen molar-refractivity contribution >= 4 is 66.5 Å². The number of methoxy groups -OCH3 is 1. The van der Waals surface area contributed by atoms with Gasteiger partial charge in [0.25, 0.3) is 5.91 Å². The summed E-state index contributed by atoms with van der Waals surface area (Å²) in [5, 5.41) is 11.7. The van der Waals surface area contributed by atoms with E-state index in [1.54, 1.807) is 17.9 Å². The molecule has 9 nitrogen and oxygen atoms in total. The van der Waals surface area contributed by atoms with Gasteiger partial charge in [0, 0.05) is 38.1 Å². The predicted molar refractivity (Wildman–Crippen MR) is 134 cm³/mol. The summed E-state index contributed by atoms with van der Waals surface area (Å²) in [7, 11) is 1.29. The van der Waals surface area contributed by atoms with E-state index >= 15 is 0 Å². The van der Waals surface area contributed by atoms with E-state index in [4.69, 9.17) is 4.74 Å². The Morgan fingerprint density at radius 3 is 2.65 bits per heavy atom. The van der Waals surface area contributed by atoms with Crippen LogP contribution >= 0.6 is 43.6 Å². The number of fused-ring (bicyclic) bond motifs is 1. The number of benzene rings is 1. The van der Waals surface area contributed by atoms with Crippen LogP contribution in [0.5, 0.6) is 5.75 Å². The standard InChI is InChI=1S/C22H27Br2N3O6S/c1-11(10-34-12(2)28)21(31)26-6-4-5-16(26)20(30)25-27-9-14-13(8-17(27)22(32)33-3)7-15(23)19(29)18(14)24/h7,11,16-17,29H,4-6,8-10H2,1-3H3,(H,25,30)/t11-,16+,17?/m1/s1. The van der Waals surface area contributed by atoms with Crippen LogP contribution < -0.4 is 5.43 Å². The number of halogens is 2. The summed E-state index contributed by atoms with van der Waals surface area (Å²) < 4.78 is 5.94. The van der Waals surface area contributed by atoms with Gasteiger partial charge in [0.05, 0.1) is 16.1 Å². The summed E-state index contributed by atoms with van der Waals surface area (Å²) in [6.07, 6.45) is 1.47. The minimum absolute atomic E-state index is 0.0338. The maximum absolute atomic E-state index is 13.3. The van der Waals surface area contributed by atoms with Gasteiger partial charge < -0.3 is 14.7 Å². The largest absolute Gasteiger partial charge is 0.506 e. The Hall–Kier alpha value is -1.63. The van der Waals surface area contributed by atoms with Crippen molar-refractivity contribution < 1.29 is 29.0 Å². The third kappa shape index (κ3) is 5.77. The number of ether oxygens (including phenoxy) is 1. The number of nitrogens with zero attached hydrogens (tertiary/aromatic N) is 2. The summed E-state index contributed by atoms with van der Waals surface area (Å²) in [5.74, 6) is -1.06. The zero-order valence-corrected chi connectivity index (χ0v) is 23.1. The first-order valence-corrected chi connectivity index (χ1v) is 13.4. The van der Waals surface area contributed by atoms with Crippen LogP contribution in [0.4, 0.5) is 0 Å². The Kier molecular flexibility index (Phi) is 9.04.